The van der Waals surface area contributed by atoms with Crippen LogP contribution in [0.3, 0.4) is 0 Å². The summed E-state index contributed by atoms with van der Waals surface area (Å²) in [6, 6.07) is 3.80. The maximum Gasteiger partial charge on any atom is 0.264 e. The van der Waals surface area contributed by atoms with Crippen LogP contribution in [0.25, 0.3) is 10.2 Å². The van der Waals surface area contributed by atoms with Gasteiger partial charge in [0.05, 0.1) is 16.8 Å². The van der Waals surface area contributed by atoms with E-state index in [-0.39, 0.29) is 16.9 Å². The number of aromatic amines is 1. The Morgan fingerprint density at radius 3 is 2.72 bits per heavy atom. The third-order valence-electron chi connectivity index (χ3n) is 6.96. The number of carbonyl (C=O) groups excluding carboxylic acids is 1. The van der Waals surface area contributed by atoms with E-state index in [1.165, 1.54) is 21.8 Å². The first-order chi connectivity index (χ1) is 15.3. The van der Waals surface area contributed by atoms with E-state index in [0.29, 0.717) is 25.6 Å². The lowest BCUT2D eigenvalue weighted by Gasteiger charge is -2.34. The Hall–Kier alpha value is -2.03. The van der Waals surface area contributed by atoms with Crippen molar-refractivity contribution in [2.75, 3.05) is 26.2 Å². The van der Waals surface area contributed by atoms with Gasteiger partial charge in [0.15, 0.2) is 0 Å². The zero-order valence-corrected chi connectivity index (χ0v) is 20.6. The smallest absolute Gasteiger partial charge is 0.264 e. The predicted octanol–water partition coefficient (Wildman–Crippen LogP) is 4.16. The highest BCUT2D eigenvalue weighted by molar-refractivity contribution is 7.18. The fourth-order valence-corrected chi connectivity index (χ4v) is 6.93. The molecule has 3 aromatic heterocycles. The van der Waals surface area contributed by atoms with Crippen molar-refractivity contribution in [3.05, 3.63) is 49.0 Å². The van der Waals surface area contributed by atoms with Crippen LogP contribution >= 0.6 is 22.7 Å². The normalized spacial score (nSPS) is 20.0. The van der Waals surface area contributed by atoms with Crippen molar-refractivity contribution in [1.29, 1.82) is 0 Å². The van der Waals surface area contributed by atoms with Crippen LogP contribution in [0.4, 0.5) is 0 Å². The molecule has 1 aliphatic carbocycles. The minimum Gasteiger partial charge on any atom is -0.335 e. The van der Waals surface area contributed by atoms with Gasteiger partial charge in [-0.15, -0.1) is 22.7 Å². The average molecular weight is 471 g/mol. The maximum absolute atomic E-state index is 13.0. The van der Waals surface area contributed by atoms with Crippen LogP contribution in [0.1, 0.15) is 53.1 Å². The molecular formula is C24H30N4O2S2. The third-order valence-corrected chi connectivity index (χ3v) is 8.96. The summed E-state index contributed by atoms with van der Waals surface area (Å²) < 4.78 is 0. The molecule has 0 radical (unpaired) electrons. The topological polar surface area (TPSA) is 69.3 Å². The molecule has 170 valence electrons. The van der Waals surface area contributed by atoms with Crippen LogP contribution in [0.2, 0.25) is 0 Å². The lowest BCUT2D eigenvalue weighted by Crippen LogP contribution is -2.48. The fraction of sp³-hybridized carbons (Fsp3) is 0.542. The molecule has 32 heavy (non-hydrogen) atoms. The molecule has 0 bridgehead atoms. The number of amides is 1. The molecule has 1 N–H and O–H groups in total. The maximum atomic E-state index is 13.0. The lowest BCUT2D eigenvalue weighted by molar-refractivity contribution is 0.0630. The number of nitrogens with zero attached hydrogens (tertiary/aromatic N) is 3. The van der Waals surface area contributed by atoms with E-state index in [0.717, 1.165) is 53.3 Å². The molecule has 1 amide bonds. The van der Waals surface area contributed by atoms with E-state index in [1.807, 2.05) is 22.4 Å². The molecule has 1 fully saturated rings. The second-order valence-electron chi connectivity index (χ2n) is 10.0. The van der Waals surface area contributed by atoms with Gasteiger partial charge < -0.3 is 9.88 Å². The van der Waals surface area contributed by atoms with Crippen LogP contribution in [-0.2, 0) is 19.4 Å². The fourth-order valence-electron chi connectivity index (χ4n) is 4.92. The van der Waals surface area contributed by atoms with E-state index in [2.05, 4.69) is 30.7 Å². The van der Waals surface area contributed by atoms with Gasteiger partial charge in [0.1, 0.15) is 10.7 Å². The van der Waals surface area contributed by atoms with Gasteiger partial charge in [0.2, 0.25) is 0 Å². The highest BCUT2D eigenvalue weighted by atomic mass is 32.1. The lowest BCUT2D eigenvalue weighted by atomic mass is 9.72. The van der Waals surface area contributed by atoms with E-state index in [9.17, 15) is 9.59 Å². The van der Waals surface area contributed by atoms with Gasteiger partial charge >= 0.3 is 0 Å². The van der Waals surface area contributed by atoms with Gasteiger partial charge in [-0.05, 0) is 47.6 Å². The Morgan fingerprint density at radius 1 is 1.25 bits per heavy atom. The number of rotatable bonds is 3. The van der Waals surface area contributed by atoms with Gasteiger partial charge in [-0.3, -0.25) is 14.5 Å². The molecule has 1 aliphatic heterocycles. The van der Waals surface area contributed by atoms with Crippen molar-refractivity contribution in [1.82, 2.24) is 19.8 Å². The minimum absolute atomic E-state index is 0.00298. The third kappa shape index (κ3) is 4.16. The molecule has 0 aromatic carbocycles. The number of piperazine rings is 1. The summed E-state index contributed by atoms with van der Waals surface area (Å²) in [5, 5.41) is 2.75. The van der Waals surface area contributed by atoms with Crippen molar-refractivity contribution in [2.24, 2.45) is 11.3 Å². The van der Waals surface area contributed by atoms with Crippen LogP contribution in [-0.4, -0.2) is 51.9 Å². The SMILES string of the molecule is CC(C)(C)C1CCc2c(sc3nc(CN4CCN(C(=O)c5cccs5)CC4)[nH]c(=O)c23)C1. The van der Waals surface area contributed by atoms with Gasteiger partial charge in [-0.25, -0.2) is 4.98 Å². The molecule has 5 rings (SSSR count). The van der Waals surface area contributed by atoms with Gasteiger partial charge in [-0.2, -0.15) is 0 Å². The van der Waals surface area contributed by atoms with Crippen molar-refractivity contribution in [3.63, 3.8) is 0 Å². The molecular weight excluding hydrogens is 440 g/mol. The van der Waals surface area contributed by atoms with Crippen LogP contribution < -0.4 is 5.56 Å². The van der Waals surface area contributed by atoms with Crippen LogP contribution in [0, 0.1) is 11.3 Å². The number of fused-ring (bicyclic) bond motifs is 3. The molecule has 1 atom stereocenters. The molecule has 2 aliphatic rings. The zero-order chi connectivity index (χ0) is 22.5. The Kier molecular flexibility index (Phi) is 5.72. The number of nitrogens with one attached hydrogen (secondary N) is 1. The predicted molar refractivity (Wildman–Crippen MR) is 131 cm³/mol. The first kappa shape index (κ1) is 21.8. The largest absolute Gasteiger partial charge is 0.335 e. The van der Waals surface area contributed by atoms with Gasteiger partial charge in [0, 0.05) is 31.1 Å². The van der Waals surface area contributed by atoms with E-state index in [4.69, 9.17) is 4.98 Å². The summed E-state index contributed by atoms with van der Waals surface area (Å²) in [6.45, 7) is 10.5. The van der Waals surface area contributed by atoms with Crippen LogP contribution in [0.15, 0.2) is 22.3 Å². The summed E-state index contributed by atoms with van der Waals surface area (Å²) in [6.07, 6.45) is 3.16. The summed E-state index contributed by atoms with van der Waals surface area (Å²) >= 11 is 3.20. The Labute approximate surface area is 196 Å². The summed E-state index contributed by atoms with van der Waals surface area (Å²) in [7, 11) is 0. The highest BCUT2D eigenvalue weighted by Crippen LogP contribution is 2.42. The Balaban J connectivity index is 1.29. The molecule has 3 aromatic rings. The van der Waals surface area contributed by atoms with Gasteiger partial charge in [-0.1, -0.05) is 26.8 Å². The molecule has 0 spiro atoms. The number of hydrogen-bond donors (Lipinski definition) is 1. The van der Waals surface area contributed by atoms with Crippen molar-refractivity contribution >= 4 is 38.8 Å². The summed E-state index contributed by atoms with van der Waals surface area (Å²) in [4.78, 5) is 40.7. The first-order valence-electron chi connectivity index (χ1n) is 11.4. The first-order valence-corrected chi connectivity index (χ1v) is 13.1. The minimum atomic E-state index is 0.00298. The molecule has 1 unspecified atom stereocenters. The van der Waals surface area contributed by atoms with Crippen molar-refractivity contribution in [2.45, 2.75) is 46.6 Å². The number of H-pyrrole nitrogens is 1. The molecule has 0 saturated carbocycles. The number of hydrogen-bond acceptors (Lipinski definition) is 6. The van der Waals surface area contributed by atoms with E-state index >= 15 is 0 Å². The quantitative estimate of drug-likeness (QED) is 0.624. The van der Waals surface area contributed by atoms with E-state index in [1.54, 1.807) is 11.3 Å². The van der Waals surface area contributed by atoms with Crippen LogP contribution in [0.5, 0.6) is 0 Å². The Morgan fingerprint density at radius 2 is 2.03 bits per heavy atom. The standard InChI is InChI=1S/C24H30N4O2S2/c1-24(2,3)15-6-7-16-18(13-15)32-22-20(16)21(29)25-19(26-22)14-27-8-10-28(11-9-27)23(30)17-5-4-12-31-17/h4-5,12,15H,6-11,13-14H2,1-3H3,(H,25,26,29). The molecule has 1 saturated heterocycles. The van der Waals surface area contributed by atoms with Crippen molar-refractivity contribution < 1.29 is 4.79 Å². The van der Waals surface area contributed by atoms with E-state index < -0.39 is 0 Å². The van der Waals surface area contributed by atoms with Crippen molar-refractivity contribution in [3.8, 4) is 0 Å². The average Bonchev–Trinajstić information content (AvgIpc) is 3.40. The molecule has 8 heteroatoms. The number of aryl methyl sites for hydroxylation is 1. The summed E-state index contributed by atoms with van der Waals surface area (Å²) in [5.41, 5.74) is 1.51. The number of thiophene rings is 2. The molecule has 6 nitrogen and oxygen atoms in total. The highest BCUT2D eigenvalue weighted by Gasteiger charge is 2.32. The summed E-state index contributed by atoms with van der Waals surface area (Å²) in [5.74, 6) is 1.49. The van der Waals surface area contributed by atoms with Gasteiger partial charge in [0.25, 0.3) is 11.5 Å². The molecule has 4 heterocycles. The second kappa shape index (κ2) is 8.39. The number of carbonyl (C=O) groups is 1. The monoisotopic (exact) mass is 470 g/mol. The Bertz CT molecular complexity index is 1180. The number of aromatic nitrogens is 2. The zero-order valence-electron chi connectivity index (χ0n) is 18.9. The second-order valence-corrected chi connectivity index (χ2v) is 12.1.